The summed E-state index contributed by atoms with van der Waals surface area (Å²) in [6, 6.07) is 8.77. The van der Waals surface area contributed by atoms with E-state index in [1.807, 2.05) is 30.3 Å². The van der Waals surface area contributed by atoms with Crippen molar-refractivity contribution in [3.63, 3.8) is 0 Å². The van der Waals surface area contributed by atoms with E-state index in [1.54, 1.807) is 0 Å². The SMILES string of the molecule is [N-]=[N+]=N[C@@H]1CN(C(=O)OCc2ccccc2)CC[C@H]1O. The van der Waals surface area contributed by atoms with Crippen molar-refractivity contribution < 1.29 is 14.6 Å². The van der Waals surface area contributed by atoms with Gasteiger partial charge in [-0.25, -0.2) is 4.79 Å². The Hall–Kier alpha value is -2.24. The summed E-state index contributed by atoms with van der Waals surface area (Å²) in [7, 11) is 0. The number of likely N-dealkylation sites (tertiary alicyclic amines) is 1. The zero-order valence-corrected chi connectivity index (χ0v) is 10.9. The molecule has 1 aliphatic rings. The predicted molar refractivity (Wildman–Crippen MR) is 71.8 cm³/mol. The number of benzene rings is 1. The molecule has 1 aromatic carbocycles. The highest BCUT2D eigenvalue weighted by Gasteiger charge is 2.30. The fraction of sp³-hybridized carbons (Fsp3) is 0.462. The van der Waals surface area contributed by atoms with Gasteiger partial charge >= 0.3 is 6.09 Å². The van der Waals surface area contributed by atoms with Crippen molar-refractivity contribution in [2.75, 3.05) is 13.1 Å². The average Bonchev–Trinajstić information content (AvgIpc) is 2.48. The maximum atomic E-state index is 11.9. The van der Waals surface area contributed by atoms with Gasteiger partial charge in [0.25, 0.3) is 0 Å². The van der Waals surface area contributed by atoms with Crippen LogP contribution in [-0.2, 0) is 11.3 Å². The highest BCUT2D eigenvalue weighted by Crippen LogP contribution is 2.15. The molecular formula is C13H16N4O3. The number of carbonyl (C=O) groups excluding carboxylic acids is 1. The normalized spacial score (nSPS) is 21.9. The predicted octanol–water partition coefficient (Wildman–Crippen LogP) is 2.07. The Kier molecular flexibility index (Phi) is 4.81. The standard InChI is InChI=1S/C13H16N4O3/c14-16-15-11-8-17(7-6-12(11)18)13(19)20-9-10-4-2-1-3-5-10/h1-5,11-12,18H,6-9H2/t11-,12-/m1/s1. The first kappa shape index (κ1) is 14.2. The number of amides is 1. The molecule has 1 amide bonds. The summed E-state index contributed by atoms with van der Waals surface area (Å²) in [5, 5.41) is 13.2. The highest BCUT2D eigenvalue weighted by atomic mass is 16.6. The van der Waals surface area contributed by atoms with Crippen LogP contribution < -0.4 is 0 Å². The minimum atomic E-state index is -0.705. The molecule has 1 aromatic rings. The zero-order valence-electron chi connectivity index (χ0n) is 10.9. The smallest absolute Gasteiger partial charge is 0.410 e. The molecule has 0 spiro atoms. The molecule has 20 heavy (non-hydrogen) atoms. The van der Waals surface area contributed by atoms with Crippen LogP contribution in [0.4, 0.5) is 4.79 Å². The second kappa shape index (κ2) is 6.79. The largest absolute Gasteiger partial charge is 0.445 e. The minimum absolute atomic E-state index is 0.179. The van der Waals surface area contributed by atoms with Gasteiger partial charge in [-0.1, -0.05) is 35.4 Å². The number of hydrogen-bond acceptors (Lipinski definition) is 4. The van der Waals surface area contributed by atoms with Crippen LogP contribution in [0.15, 0.2) is 35.4 Å². The summed E-state index contributed by atoms with van der Waals surface area (Å²) < 4.78 is 5.20. The molecule has 0 aromatic heterocycles. The Balaban J connectivity index is 1.88. The van der Waals surface area contributed by atoms with Gasteiger partial charge in [-0.05, 0) is 17.5 Å². The van der Waals surface area contributed by atoms with Crippen LogP contribution >= 0.6 is 0 Å². The monoisotopic (exact) mass is 276 g/mol. The maximum Gasteiger partial charge on any atom is 0.410 e. The number of nitrogens with zero attached hydrogens (tertiary/aromatic N) is 4. The van der Waals surface area contributed by atoms with Crippen molar-refractivity contribution in [1.82, 2.24) is 4.90 Å². The molecular weight excluding hydrogens is 260 g/mol. The molecule has 0 saturated carbocycles. The molecule has 1 saturated heterocycles. The van der Waals surface area contributed by atoms with Crippen LogP contribution in [0, 0.1) is 0 Å². The molecule has 2 rings (SSSR count). The number of hydrogen-bond donors (Lipinski definition) is 1. The number of ether oxygens (including phenoxy) is 1. The number of rotatable bonds is 3. The Morgan fingerprint density at radius 1 is 1.50 bits per heavy atom. The van der Waals surface area contributed by atoms with E-state index in [1.165, 1.54) is 4.90 Å². The van der Waals surface area contributed by atoms with Crippen molar-refractivity contribution in [3.05, 3.63) is 46.3 Å². The van der Waals surface area contributed by atoms with E-state index in [2.05, 4.69) is 10.0 Å². The lowest BCUT2D eigenvalue weighted by molar-refractivity contribution is 0.0442. The third kappa shape index (κ3) is 3.63. The lowest BCUT2D eigenvalue weighted by Crippen LogP contribution is -2.48. The zero-order chi connectivity index (χ0) is 14.4. The van der Waals surface area contributed by atoms with Gasteiger partial charge in [0.1, 0.15) is 6.61 Å². The molecule has 0 aliphatic carbocycles. The van der Waals surface area contributed by atoms with Crippen molar-refractivity contribution in [3.8, 4) is 0 Å². The van der Waals surface area contributed by atoms with Crippen molar-refractivity contribution in [2.45, 2.75) is 25.2 Å². The van der Waals surface area contributed by atoms with Gasteiger partial charge in [0, 0.05) is 18.0 Å². The van der Waals surface area contributed by atoms with Gasteiger partial charge in [0.15, 0.2) is 0 Å². The first-order chi connectivity index (χ1) is 9.70. The van der Waals surface area contributed by atoms with Gasteiger partial charge in [-0.3, -0.25) is 0 Å². The number of azide groups is 1. The molecule has 0 unspecified atom stereocenters. The van der Waals surface area contributed by atoms with E-state index in [0.717, 1.165) is 5.56 Å². The molecule has 2 atom stereocenters. The minimum Gasteiger partial charge on any atom is -0.445 e. The van der Waals surface area contributed by atoms with Gasteiger partial charge in [-0.15, -0.1) is 0 Å². The summed E-state index contributed by atoms with van der Waals surface area (Å²) in [6.45, 7) is 0.774. The summed E-state index contributed by atoms with van der Waals surface area (Å²) in [6.07, 6.45) is -0.785. The molecule has 1 heterocycles. The Morgan fingerprint density at radius 2 is 2.25 bits per heavy atom. The number of carbonyl (C=O) groups is 1. The molecule has 0 bridgehead atoms. The van der Waals surface area contributed by atoms with Gasteiger partial charge in [0.05, 0.1) is 12.1 Å². The van der Waals surface area contributed by atoms with E-state index >= 15 is 0 Å². The van der Waals surface area contributed by atoms with E-state index < -0.39 is 18.2 Å². The quantitative estimate of drug-likeness (QED) is 0.519. The third-order valence-corrected chi connectivity index (χ3v) is 3.21. The number of aliphatic hydroxyl groups excluding tert-OH is 1. The molecule has 1 fully saturated rings. The molecule has 7 nitrogen and oxygen atoms in total. The Morgan fingerprint density at radius 3 is 2.95 bits per heavy atom. The number of aliphatic hydroxyl groups is 1. The van der Waals surface area contributed by atoms with Crippen molar-refractivity contribution in [2.24, 2.45) is 5.11 Å². The topological polar surface area (TPSA) is 98.5 Å². The molecule has 7 heteroatoms. The Bertz CT molecular complexity index is 502. The fourth-order valence-electron chi connectivity index (χ4n) is 2.08. The third-order valence-electron chi connectivity index (χ3n) is 3.21. The van der Waals surface area contributed by atoms with Crippen LogP contribution in [0.1, 0.15) is 12.0 Å². The average molecular weight is 276 g/mol. The summed E-state index contributed by atoms with van der Waals surface area (Å²) in [5.74, 6) is 0. The lowest BCUT2D eigenvalue weighted by atomic mass is 10.0. The first-order valence-corrected chi connectivity index (χ1v) is 6.38. The summed E-state index contributed by atoms with van der Waals surface area (Å²) >= 11 is 0. The Labute approximate surface area is 116 Å². The first-order valence-electron chi connectivity index (χ1n) is 6.38. The second-order valence-electron chi connectivity index (χ2n) is 4.61. The van der Waals surface area contributed by atoms with Crippen LogP contribution in [-0.4, -0.2) is 41.3 Å². The second-order valence-corrected chi connectivity index (χ2v) is 4.61. The molecule has 1 N–H and O–H groups in total. The molecule has 1 aliphatic heterocycles. The van der Waals surface area contributed by atoms with Gasteiger partial charge in [0.2, 0.25) is 0 Å². The van der Waals surface area contributed by atoms with E-state index in [4.69, 9.17) is 10.3 Å². The van der Waals surface area contributed by atoms with Crippen LogP contribution in [0.25, 0.3) is 10.4 Å². The van der Waals surface area contributed by atoms with Crippen LogP contribution in [0.2, 0.25) is 0 Å². The van der Waals surface area contributed by atoms with E-state index in [9.17, 15) is 9.90 Å². The van der Waals surface area contributed by atoms with Crippen molar-refractivity contribution in [1.29, 1.82) is 0 Å². The lowest BCUT2D eigenvalue weighted by Gasteiger charge is -2.33. The summed E-state index contributed by atoms with van der Waals surface area (Å²) in [5.41, 5.74) is 9.33. The fourth-order valence-corrected chi connectivity index (χ4v) is 2.08. The van der Waals surface area contributed by atoms with E-state index in [0.29, 0.717) is 13.0 Å². The molecule has 106 valence electrons. The van der Waals surface area contributed by atoms with Crippen LogP contribution in [0.5, 0.6) is 0 Å². The molecule has 0 radical (unpaired) electrons. The highest BCUT2D eigenvalue weighted by molar-refractivity contribution is 5.67. The summed E-state index contributed by atoms with van der Waals surface area (Å²) in [4.78, 5) is 16.1. The van der Waals surface area contributed by atoms with E-state index in [-0.39, 0.29) is 13.2 Å². The number of piperidine rings is 1. The van der Waals surface area contributed by atoms with Crippen molar-refractivity contribution >= 4 is 6.09 Å². The van der Waals surface area contributed by atoms with Gasteiger partial charge < -0.3 is 14.7 Å². The van der Waals surface area contributed by atoms with Gasteiger partial charge in [-0.2, -0.15) is 0 Å². The maximum absolute atomic E-state index is 11.9. The van der Waals surface area contributed by atoms with Crippen LogP contribution in [0.3, 0.4) is 0 Å².